The maximum atomic E-state index is 11.9. The Morgan fingerprint density at radius 3 is 2.48 bits per heavy atom. The minimum atomic E-state index is -0.278. The van der Waals surface area contributed by atoms with Gasteiger partial charge in [-0.1, -0.05) is 31.5 Å². The molecule has 3 N–H and O–H groups in total. The van der Waals surface area contributed by atoms with E-state index < -0.39 is 0 Å². The van der Waals surface area contributed by atoms with E-state index in [1.54, 1.807) is 11.8 Å². The van der Waals surface area contributed by atoms with Gasteiger partial charge in [-0.15, -0.1) is 24.2 Å². The first kappa shape index (κ1) is 20.3. The largest absolute Gasteiger partial charge is 0.354 e. The summed E-state index contributed by atoms with van der Waals surface area (Å²) in [5.74, 6) is 0.487. The average molecular weight is 331 g/mol. The van der Waals surface area contributed by atoms with E-state index in [1.165, 1.54) is 16.0 Å². The number of nitrogens with two attached hydrogens (primary N) is 1. The molecule has 21 heavy (non-hydrogen) atoms. The predicted octanol–water partition coefficient (Wildman–Crippen LogP) is 3.45. The fourth-order valence-corrected chi connectivity index (χ4v) is 2.79. The highest BCUT2D eigenvalue weighted by Crippen LogP contribution is 2.23. The van der Waals surface area contributed by atoms with Crippen LogP contribution in [0.4, 0.5) is 0 Å². The molecule has 0 aromatic heterocycles. The van der Waals surface area contributed by atoms with Gasteiger partial charge in [-0.25, -0.2) is 0 Å². The minimum Gasteiger partial charge on any atom is -0.354 e. The first-order valence-corrected chi connectivity index (χ1v) is 8.14. The number of carbonyl (C=O) groups is 1. The molecule has 1 amide bonds. The SMILES string of the molecule is CCC(N)(CC)CNC(=O)CSc1cc(C)ccc1C.Cl. The van der Waals surface area contributed by atoms with Crippen molar-refractivity contribution in [2.45, 2.75) is 51.0 Å². The van der Waals surface area contributed by atoms with Crippen molar-refractivity contribution in [3.05, 3.63) is 29.3 Å². The van der Waals surface area contributed by atoms with Crippen molar-refractivity contribution >= 4 is 30.1 Å². The van der Waals surface area contributed by atoms with Crippen LogP contribution in [0.1, 0.15) is 37.8 Å². The van der Waals surface area contributed by atoms with Crippen molar-refractivity contribution in [1.82, 2.24) is 5.32 Å². The molecule has 0 heterocycles. The molecule has 0 fully saturated rings. The zero-order valence-electron chi connectivity index (χ0n) is 13.4. The van der Waals surface area contributed by atoms with Crippen LogP contribution in [0.5, 0.6) is 0 Å². The van der Waals surface area contributed by atoms with E-state index in [-0.39, 0.29) is 23.9 Å². The fourth-order valence-electron chi connectivity index (χ4n) is 1.83. The van der Waals surface area contributed by atoms with Gasteiger partial charge in [0.1, 0.15) is 0 Å². The maximum Gasteiger partial charge on any atom is 0.230 e. The van der Waals surface area contributed by atoms with Gasteiger partial charge in [0.15, 0.2) is 0 Å². The number of rotatable bonds is 7. The fraction of sp³-hybridized carbons (Fsp3) is 0.562. The lowest BCUT2D eigenvalue weighted by Crippen LogP contribution is -2.49. The number of thioether (sulfide) groups is 1. The van der Waals surface area contributed by atoms with Gasteiger partial charge >= 0.3 is 0 Å². The van der Waals surface area contributed by atoms with Crippen molar-refractivity contribution in [2.75, 3.05) is 12.3 Å². The van der Waals surface area contributed by atoms with Crippen LogP contribution in [0.25, 0.3) is 0 Å². The maximum absolute atomic E-state index is 11.9. The first-order valence-electron chi connectivity index (χ1n) is 7.16. The third-order valence-electron chi connectivity index (χ3n) is 3.75. The molecule has 0 aliphatic heterocycles. The molecule has 0 atom stereocenters. The lowest BCUT2D eigenvalue weighted by molar-refractivity contribution is -0.118. The van der Waals surface area contributed by atoms with Crippen LogP contribution >= 0.6 is 24.2 Å². The normalized spacial score (nSPS) is 10.9. The lowest BCUT2D eigenvalue weighted by Gasteiger charge is -2.26. The molecule has 5 heteroatoms. The van der Waals surface area contributed by atoms with Crippen LogP contribution in [0.15, 0.2) is 23.1 Å². The summed E-state index contributed by atoms with van der Waals surface area (Å²) < 4.78 is 0. The Kier molecular flexibility index (Phi) is 9.02. The number of nitrogens with one attached hydrogen (secondary N) is 1. The van der Waals surface area contributed by atoms with Gasteiger partial charge in [0.05, 0.1) is 5.75 Å². The highest BCUT2D eigenvalue weighted by Gasteiger charge is 2.20. The van der Waals surface area contributed by atoms with Crippen LogP contribution < -0.4 is 11.1 Å². The van der Waals surface area contributed by atoms with Crippen molar-refractivity contribution in [2.24, 2.45) is 5.73 Å². The molecule has 0 saturated heterocycles. The number of benzene rings is 1. The van der Waals surface area contributed by atoms with E-state index in [0.717, 1.165) is 12.8 Å². The number of hydrogen-bond acceptors (Lipinski definition) is 3. The zero-order chi connectivity index (χ0) is 15.2. The van der Waals surface area contributed by atoms with Gasteiger partial charge < -0.3 is 11.1 Å². The second kappa shape index (κ2) is 9.34. The second-order valence-electron chi connectivity index (χ2n) is 5.40. The highest BCUT2D eigenvalue weighted by molar-refractivity contribution is 8.00. The standard InChI is InChI=1S/C16H26N2OS.ClH/c1-5-16(17,6-2)11-18-15(19)10-20-14-9-12(3)7-8-13(14)4;/h7-9H,5-6,10-11,17H2,1-4H3,(H,18,19);1H. The van der Waals surface area contributed by atoms with E-state index in [1.807, 2.05) is 0 Å². The molecule has 0 bridgehead atoms. The summed E-state index contributed by atoms with van der Waals surface area (Å²) in [4.78, 5) is 13.1. The quantitative estimate of drug-likeness (QED) is 0.753. The summed E-state index contributed by atoms with van der Waals surface area (Å²) in [7, 11) is 0. The van der Waals surface area contributed by atoms with Gasteiger partial charge in [0.25, 0.3) is 0 Å². The summed E-state index contributed by atoms with van der Waals surface area (Å²) in [6.45, 7) is 8.79. The number of carbonyl (C=O) groups excluding carboxylic acids is 1. The molecule has 0 aliphatic carbocycles. The van der Waals surface area contributed by atoms with Crippen molar-refractivity contribution in [3.63, 3.8) is 0 Å². The van der Waals surface area contributed by atoms with Gasteiger partial charge in [0, 0.05) is 17.0 Å². The molecule has 1 aromatic carbocycles. The molecule has 0 spiro atoms. The van der Waals surface area contributed by atoms with Crippen LogP contribution in [-0.4, -0.2) is 23.7 Å². The Bertz CT molecular complexity index is 462. The van der Waals surface area contributed by atoms with Crippen molar-refractivity contribution in [3.8, 4) is 0 Å². The van der Waals surface area contributed by atoms with Gasteiger partial charge in [-0.3, -0.25) is 4.79 Å². The summed E-state index contributed by atoms with van der Waals surface area (Å²) in [5.41, 5.74) is 8.33. The van der Waals surface area contributed by atoms with E-state index in [2.05, 4.69) is 51.2 Å². The summed E-state index contributed by atoms with van der Waals surface area (Å²) in [6, 6.07) is 6.30. The highest BCUT2D eigenvalue weighted by atomic mass is 35.5. The van der Waals surface area contributed by atoms with Gasteiger partial charge in [0.2, 0.25) is 5.91 Å². The lowest BCUT2D eigenvalue weighted by atomic mass is 9.94. The van der Waals surface area contributed by atoms with E-state index in [0.29, 0.717) is 12.3 Å². The molecule has 1 rings (SSSR count). The van der Waals surface area contributed by atoms with Crippen LogP contribution in [0, 0.1) is 13.8 Å². The summed E-state index contributed by atoms with van der Waals surface area (Å²) >= 11 is 1.58. The van der Waals surface area contributed by atoms with Crippen LogP contribution in [0.2, 0.25) is 0 Å². The minimum absolute atomic E-state index is 0. The Hall–Kier alpha value is -0.710. The number of aryl methyl sites for hydroxylation is 2. The molecule has 1 aromatic rings. The zero-order valence-corrected chi connectivity index (χ0v) is 15.0. The topological polar surface area (TPSA) is 55.1 Å². The third kappa shape index (κ3) is 6.72. The number of halogens is 1. The Morgan fingerprint density at radius 2 is 1.90 bits per heavy atom. The molecule has 0 aliphatic rings. The van der Waals surface area contributed by atoms with E-state index in [9.17, 15) is 4.79 Å². The van der Waals surface area contributed by atoms with Crippen LogP contribution in [-0.2, 0) is 4.79 Å². The number of hydrogen-bond donors (Lipinski definition) is 2. The molecule has 3 nitrogen and oxygen atoms in total. The van der Waals surface area contributed by atoms with Gasteiger partial charge in [-0.2, -0.15) is 0 Å². The Morgan fingerprint density at radius 1 is 1.29 bits per heavy atom. The van der Waals surface area contributed by atoms with Crippen molar-refractivity contribution < 1.29 is 4.79 Å². The molecular formula is C16H27ClN2OS. The van der Waals surface area contributed by atoms with Crippen molar-refractivity contribution in [1.29, 1.82) is 0 Å². The van der Waals surface area contributed by atoms with E-state index in [4.69, 9.17) is 5.73 Å². The predicted molar refractivity (Wildman–Crippen MR) is 94.4 cm³/mol. The average Bonchev–Trinajstić information content (AvgIpc) is 2.45. The third-order valence-corrected chi connectivity index (χ3v) is 4.91. The molecule has 120 valence electrons. The Balaban J connectivity index is 0.00000400. The molecule has 0 saturated carbocycles. The monoisotopic (exact) mass is 330 g/mol. The summed E-state index contributed by atoms with van der Waals surface area (Å²) in [6.07, 6.45) is 1.74. The van der Waals surface area contributed by atoms with Gasteiger partial charge in [-0.05, 0) is 38.3 Å². The Labute approximate surface area is 138 Å². The molecular weight excluding hydrogens is 304 g/mol. The smallest absolute Gasteiger partial charge is 0.230 e. The first-order chi connectivity index (χ1) is 9.40. The molecule has 0 unspecified atom stereocenters. The summed E-state index contributed by atoms with van der Waals surface area (Å²) in [5, 5.41) is 2.94. The second-order valence-corrected chi connectivity index (χ2v) is 6.42. The van der Waals surface area contributed by atoms with Crippen LogP contribution in [0.3, 0.4) is 0 Å². The number of amides is 1. The molecule has 0 radical (unpaired) electrons. The van der Waals surface area contributed by atoms with E-state index >= 15 is 0 Å².